The Kier molecular flexibility index (Phi) is 4.20. The van der Waals surface area contributed by atoms with Crippen LogP contribution in [0.15, 0.2) is 36.4 Å². The van der Waals surface area contributed by atoms with Crippen molar-refractivity contribution in [1.82, 2.24) is 0 Å². The second kappa shape index (κ2) is 6.06. The van der Waals surface area contributed by atoms with E-state index in [0.29, 0.717) is 23.6 Å². The summed E-state index contributed by atoms with van der Waals surface area (Å²) in [5, 5.41) is 22.1. The standard InChI is InChI=1S/C15H17NO4/c1-19-12-5-6-13(15(8-12)20-2)16-9-10-3-4-11(17)7-14(10)18/h3-8,16-18H,9H2,1-2H3. The Hall–Kier alpha value is -2.56. The van der Waals surface area contributed by atoms with Crippen LogP contribution in [0.5, 0.6) is 23.0 Å². The Morgan fingerprint density at radius 3 is 2.45 bits per heavy atom. The fraction of sp³-hybridized carbons (Fsp3) is 0.200. The van der Waals surface area contributed by atoms with E-state index in [1.807, 2.05) is 12.1 Å². The van der Waals surface area contributed by atoms with Gasteiger partial charge < -0.3 is 25.0 Å². The number of benzene rings is 2. The summed E-state index contributed by atoms with van der Waals surface area (Å²) in [6.45, 7) is 0.412. The number of nitrogens with one attached hydrogen (secondary N) is 1. The molecule has 2 rings (SSSR count). The van der Waals surface area contributed by atoms with Crippen LogP contribution in [-0.4, -0.2) is 24.4 Å². The van der Waals surface area contributed by atoms with Gasteiger partial charge in [0.15, 0.2) is 0 Å². The molecule has 0 amide bonds. The van der Waals surface area contributed by atoms with E-state index in [1.54, 1.807) is 26.4 Å². The lowest BCUT2D eigenvalue weighted by atomic mass is 10.2. The van der Waals surface area contributed by atoms with Crippen LogP contribution >= 0.6 is 0 Å². The van der Waals surface area contributed by atoms with Gasteiger partial charge in [-0.2, -0.15) is 0 Å². The van der Waals surface area contributed by atoms with Crippen molar-refractivity contribution in [1.29, 1.82) is 0 Å². The van der Waals surface area contributed by atoms with Gasteiger partial charge in [0, 0.05) is 24.2 Å². The first kappa shape index (κ1) is 13.9. The molecule has 0 aliphatic rings. The molecule has 0 atom stereocenters. The van der Waals surface area contributed by atoms with Crippen molar-refractivity contribution in [3.8, 4) is 23.0 Å². The summed E-state index contributed by atoms with van der Waals surface area (Å²) in [4.78, 5) is 0. The maximum Gasteiger partial charge on any atom is 0.145 e. The zero-order valence-corrected chi connectivity index (χ0v) is 11.4. The third kappa shape index (κ3) is 3.06. The lowest BCUT2D eigenvalue weighted by Gasteiger charge is -2.13. The molecule has 0 saturated carbocycles. The van der Waals surface area contributed by atoms with Crippen molar-refractivity contribution in [3.05, 3.63) is 42.0 Å². The lowest BCUT2D eigenvalue weighted by molar-refractivity contribution is 0.395. The Bertz CT molecular complexity index is 598. The van der Waals surface area contributed by atoms with E-state index in [0.717, 1.165) is 5.69 Å². The monoisotopic (exact) mass is 275 g/mol. The van der Waals surface area contributed by atoms with Gasteiger partial charge in [-0.15, -0.1) is 0 Å². The van der Waals surface area contributed by atoms with Crippen LogP contribution in [0.2, 0.25) is 0 Å². The fourth-order valence-corrected chi connectivity index (χ4v) is 1.84. The molecule has 0 saturated heterocycles. The predicted octanol–water partition coefficient (Wildman–Crippen LogP) is 2.73. The summed E-state index contributed by atoms with van der Waals surface area (Å²) >= 11 is 0. The summed E-state index contributed by atoms with van der Waals surface area (Å²) in [6.07, 6.45) is 0. The summed E-state index contributed by atoms with van der Waals surface area (Å²) in [7, 11) is 3.17. The third-order valence-electron chi connectivity index (χ3n) is 2.95. The Morgan fingerprint density at radius 2 is 1.80 bits per heavy atom. The molecular weight excluding hydrogens is 258 g/mol. The zero-order valence-electron chi connectivity index (χ0n) is 11.4. The van der Waals surface area contributed by atoms with Crippen molar-refractivity contribution in [2.24, 2.45) is 0 Å². The Morgan fingerprint density at radius 1 is 1.00 bits per heavy atom. The van der Waals surface area contributed by atoms with Crippen molar-refractivity contribution >= 4 is 5.69 Å². The number of methoxy groups -OCH3 is 2. The van der Waals surface area contributed by atoms with Crippen molar-refractivity contribution in [2.75, 3.05) is 19.5 Å². The summed E-state index contributed by atoms with van der Waals surface area (Å²) in [5.41, 5.74) is 1.47. The molecule has 2 aromatic carbocycles. The number of phenols is 2. The van der Waals surface area contributed by atoms with E-state index < -0.39 is 0 Å². The predicted molar refractivity (Wildman–Crippen MR) is 76.6 cm³/mol. The highest BCUT2D eigenvalue weighted by Gasteiger charge is 2.07. The number of rotatable bonds is 5. The van der Waals surface area contributed by atoms with Gasteiger partial charge in [-0.1, -0.05) is 0 Å². The van der Waals surface area contributed by atoms with Crippen LogP contribution in [-0.2, 0) is 6.54 Å². The lowest BCUT2D eigenvalue weighted by Crippen LogP contribution is -2.02. The Labute approximate surface area is 117 Å². The number of hydrogen-bond donors (Lipinski definition) is 3. The number of aromatic hydroxyl groups is 2. The highest BCUT2D eigenvalue weighted by molar-refractivity contribution is 5.59. The fourth-order valence-electron chi connectivity index (χ4n) is 1.84. The van der Waals surface area contributed by atoms with Gasteiger partial charge in [-0.3, -0.25) is 0 Å². The van der Waals surface area contributed by atoms with Gasteiger partial charge in [-0.05, 0) is 24.3 Å². The average Bonchev–Trinajstić information content (AvgIpc) is 2.46. The molecule has 0 fully saturated rings. The van der Waals surface area contributed by atoms with E-state index in [2.05, 4.69) is 5.32 Å². The molecule has 0 radical (unpaired) electrons. The van der Waals surface area contributed by atoms with Gasteiger partial charge in [0.05, 0.1) is 19.9 Å². The number of hydrogen-bond acceptors (Lipinski definition) is 5. The molecule has 3 N–H and O–H groups in total. The minimum Gasteiger partial charge on any atom is -0.508 e. The average molecular weight is 275 g/mol. The molecule has 5 nitrogen and oxygen atoms in total. The van der Waals surface area contributed by atoms with Gasteiger partial charge in [0.1, 0.15) is 23.0 Å². The van der Waals surface area contributed by atoms with Crippen LogP contribution < -0.4 is 14.8 Å². The molecule has 20 heavy (non-hydrogen) atoms. The molecule has 0 aliphatic heterocycles. The normalized spacial score (nSPS) is 10.1. The molecular formula is C15H17NO4. The van der Waals surface area contributed by atoms with E-state index in [9.17, 15) is 10.2 Å². The Balaban J connectivity index is 2.14. The molecule has 0 heterocycles. The molecule has 106 valence electrons. The summed E-state index contributed by atoms with van der Waals surface area (Å²) < 4.78 is 10.4. The zero-order chi connectivity index (χ0) is 14.5. The SMILES string of the molecule is COc1ccc(NCc2ccc(O)cc2O)c(OC)c1. The van der Waals surface area contributed by atoms with E-state index in [4.69, 9.17) is 9.47 Å². The largest absolute Gasteiger partial charge is 0.508 e. The minimum absolute atomic E-state index is 0.0354. The van der Waals surface area contributed by atoms with Crippen LogP contribution in [0.3, 0.4) is 0 Å². The van der Waals surface area contributed by atoms with Crippen molar-refractivity contribution in [3.63, 3.8) is 0 Å². The summed E-state index contributed by atoms with van der Waals surface area (Å²) in [5.74, 6) is 1.45. The third-order valence-corrected chi connectivity index (χ3v) is 2.95. The minimum atomic E-state index is 0.0354. The molecule has 2 aromatic rings. The van der Waals surface area contributed by atoms with Gasteiger partial charge in [-0.25, -0.2) is 0 Å². The topological polar surface area (TPSA) is 71.0 Å². The van der Waals surface area contributed by atoms with E-state index in [-0.39, 0.29) is 11.5 Å². The smallest absolute Gasteiger partial charge is 0.145 e. The first-order valence-corrected chi connectivity index (χ1v) is 6.11. The highest BCUT2D eigenvalue weighted by atomic mass is 16.5. The number of anilines is 1. The molecule has 0 aromatic heterocycles. The van der Waals surface area contributed by atoms with E-state index >= 15 is 0 Å². The summed E-state index contributed by atoms with van der Waals surface area (Å²) in [6, 6.07) is 9.94. The molecule has 0 aliphatic carbocycles. The van der Waals surface area contributed by atoms with Crippen molar-refractivity contribution < 1.29 is 19.7 Å². The van der Waals surface area contributed by atoms with Crippen LogP contribution in [0.25, 0.3) is 0 Å². The molecule has 0 bridgehead atoms. The van der Waals surface area contributed by atoms with Gasteiger partial charge in [0.25, 0.3) is 0 Å². The molecule has 0 spiro atoms. The first-order chi connectivity index (χ1) is 9.63. The van der Waals surface area contributed by atoms with Crippen LogP contribution in [0, 0.1) is 0 Å². The van der Waals surface area contributed by atoms with Crippen LogP contribution in [0.1, 0.15) is 5.56 Å². The van der Waals surface area contributed by atoms with E-state index in [1.165, 1.54) is 12.1 Å². The highest BCUT2D eigenvalue weighted by Crippen LogP contribution is 2.30. The molecule has 0 unspecified atom stereocenters. The number of phenolic OH excluding ortho intramolecular Hbond substituents is 2. The second-order valence-electron chi connectivity index (χ2n) is 4.23. The molecule has 5 heteroatoms. The quantitative estimate of drug-likeness (QED) is 0.782. The van der Waals surface area contributed by atoms with Gasteiger partial charge >= 0.3 is 0 Å². The second-order valence-corrected chi connectivity index (χ2v) is 4.23. The maximum atomic E-state index is 9.73. The maximum absolute atomic E-state index is 9.73. The van der Waals surface area contributed by atoms with Gasteiger partial charge in [0.2, 0.25) is 0 Å². The van der Waals surface area contributed by atoms with Crippen LogP contribution in [0.4, 0.5) is 5.69 Å². The first-order valence-electron chi connectivity index (χ1n) is 6.11. The number of ether oxygens (including phenoxy) is 2. The van der Waals surface area contributed by atoms with Crippen molar-refractivity contribution in [2.45, 2.75) is 6.54 Å².